The van der Waals surface area contributed by atoms with Crippen molar-refractivity contribution in [2.45, 2.75) is 31.7 Å². The lowest BCUT2D eigenvalue weighted by atomic mass is 9.92. The lowest BCUT2D eigenvalue weighted by Gasteiger charge is -2.22. The van der Waals surface area contributed by atoms with Crippen molar-refractivity contribution in [2.24, 2.45) is 5.41 Å². The summed E-state index contributed by atoms with van der Waals surface area (Å²) in [7, 11) is 0. The summed E-state index contributed by atoms with van der Waals surface area (Å²) in [5, 5.41) is 12.5. The molecule has 1 aromatic heterocycles. The summed E-state index contributed by atoms with van der Waals surface area (Å²) < 4.78 is 0. The Morgan fingerprint density at radius 1 is 1.06 bits per heavy atom. The van der Waals surface area contributed by atoms with E-state index >= 15 is 0 Å². The maximum Gasteiger partial charge on any atom is 0.344 e. The summed E-state index contributed by atoms with van der Waals surface area (Å²) in [4.78, 5) is 41.5. The van der Waals surface area contributed by atoms with Gasteiger partial charge in [0.25, 0.3) is 5.91 Å². The number of aromatic nitrogens is 2. The number of carboxylic acid groups (broad SMARTS) is 1. The van der Waals surface area contributed by atoms with Gasteiger partial charge in [0.05, 0.1) is 11.0 Å². The van der Waals surface area contributed by atoms with Gasteiger partial charge in [0.15, 0.2) is 0 Å². The third-order valence-electron chi connectivity index (χ3n) is 5.76. The van der Waals surface area contributed by atoms with Crippen LogP contribution in [0.5, 0.6) is 0 Å². The summed E-state index contributed by atoms with van der Waals surface area (Å²) in [6, 6.07) is 17.7. The molecular weight excluding hydrogens is 394 g/mol. The van der Waals surface area contributed by atoms with E-state index in [0.29, 0.717) is 25.7 Å². The Morgan fingerprint density at radius 3 is 2.32 bits per heavy atom. The molecule has 3 N–H and O–H groups in total. The fourth-order valence-electron chi connectivity index (χ4n) is 3.79. The van der Waals surface area contributed by atoms with Crippen molar-refractivity contribution in [3.8, 4) is 11.1 Å². The molecule has 158 valence electrons. The fraction of sp³-hybridized carbons (Fsp3) is 0.250. The van der Waals surface area contributed by atoms with Crippen molar-refractivity contribution >= 4 is 11.9 Å². The number of benzene rings is 2. The molecule has 2 aromatic carbocycles. The topological polar surface area (TPSA) is 112 Å². The number of carboxylic acids is 1. The van der Waals surface area contributed by atoms with Crippen LogP contribution in [0.15, 0.2) is 71.8 Å². The van der Waals surface area contributed by atoms with E-state index in [9.17, 15) is 19.5 Å². The molecule has 1 atom stereocenters. The van der Waals surface area contributed by atoms with Gasteiger partial charge in [-0.25, -0.2) is 9.78 Å². The first kappa shape index (κ1) is 20.5. The number of nitrogens with zero attached hydrogens (tertiary/aromatic N) is 1. The molecule has 7 heteroatoms. The summed E-state index contributed by atoms with van der Waals surface area (Å²) in [5.41, 5.74) is 2.13. The average Bonchev–Trinajstić information content (AvgIpc) is 3.56. The molecule has 1 heterocycles. The maximum atomic E-state index is 12.7. The smallest absolute Gasteiger partial charge is 0.344 e. The van der Waals surface area contributed by atoms with Gasteiger partial charge in [-0.1, -0.05) is 54.6 Å². The van der Waals surface area contributed by atoms with Gasteiger partial charge in [-0.15, -0.1) is 0 Å². The van der Waals surface area contributed by atoms with E-state index in [2.05, 4.69) is 15.3 Å². The lowest BCUT2D eigenvalue weighted by molar-refractivity contribution is -0.143. The average molecular weight is 417 g/mol. The number of carbonyl (C=O) groups excluding carboxylic acids is 1. The number of nitrogens with one attached hydrogen (secondary N) is 2. The number of hydrogen-bond donors (Lipinski definition) is 3. The largest absolute Gasteiger partial charge is 0.481 e. The molecule has 4 rings (SSSR count). The highest BCUT2D eigenvalue weighted by Gasteiger charge is 2.51. The summed E-state index contributed by atoms with van der Waals surface area (Å²) in [5.74, 6) is -1.22. The van der Waals surface area contributed by atoms with Crippen LogP contribution in [0.1, 0.15) is 35.2 Å². The van der Waals surface area contributed by atoms with Gasteiger partial charge in [0.1, 0.15) is 0 Å². The number of H-pyrrole nitrogens is 1. The molecule has 0 aliphatic heterocycles. The van der Waals surface area contributed by atoms with Crippen molar-refractivity contribution in [1.29, 1.82) is 0 Å². The van der Waals surface area contributed by atoms with Gasteiger partial charge in [-0.2, -0.15) is 0 Å². The molecule has 1 aliphatic rings. The van der Waals surface area contributed by atoms with E-state index in [0.717, 1.165) is 16.7 Å². The quantitative estimate of drug-likeness (QED) is 0.522. The molecule has 0 spiro atoms. The first-order chi connectivity index (χ1) is 14.9. The predicted octanol–water partition coefficient (Wildman–Crippen LogP) is 3.03. The van der Waals surface area contributed by atoms with Crippen LogP contribution in [-0.4, -0.2) is 33.0 Å². The van der Waals surface area contributed by atoms with E-state index < -0.39 is 23.0 Å². The van der Waals surface area contributed by atoms with Gasteiger partial charge in [-0.3, -0.25) is 9.59 Å². The van der Waals surface area contributed by atoms with E-state index in [1.165, 1.54) is 12.4 Å². The Kier molecular flexibility index (Phi) is 5.66. The summed E-state index contributed by atoms with van der Waals surface area (Å²) in [6.07, 6.45) is 4.60. The standard InChI is InChI=1S/C24H23N3O4/c28-21(19-14-25-23(31)26-15-19)27-20(13-24(10-11-24)22(29)30)12-16-6-8-18(9-7-16)17-4-2-1-3-5-17/h1-9,14-15,20H,10-13H2,(H,27,28)(H,29,30)(H,25,26,31). The SMILES string of the molecule is O=C(NC(Cc1ccc(-c2ccccc2)cc1)CC1(C(=O)O)CC1)c1cnc(=O)[nH]c1. The van der Waals surface area contributed by atoms with Crippen LogP contribution in [0.2, 0.25) is 0 Å². The number of aromatic amines is 1. The zero-order valence-electron chi connectivity index (χ0n) is 16.9. The molecule has 1 saturated carbocycles. The van der Waals surface area contributed by atoms with Crippen molar-refractivity contribution in [2.75, 3.05) is 0 Å². The molecule has 1 amide bonds. The number of aliphatic carboxylic acids is 1. The Balaban J connectivity index is 1.51. The molecule has 31 heavy (non-hydrogen) atoms. The molecule has 1 fully saturated rings. The molecule has 0 radical (unpaired) electrons. The van der Waals surface area contributed by atoms with Gasteiger partial charge in [0.2, 0.25) is 0 Å². The minimum atomic E-state index is -0.822. The van der Waals surface area contributed by atoms with Crippen LogP contribution < -0.4 is 11.0 Å². The van der Waals surface area contributed by atoms with Crippen molar-refractivity contribution in [3.05, 3.63) is 88.6 Å². The van der Waals surface area contributed by atoms with Gasteiger partial charge < -0.3 is 15.4 Å². The molecule has 7 nitrogen and oxygen atoms in total. The summed E-state index contributed by atoms with van der Waals surface area (Å²) >= 11 is 0. The molecule has 3 aromatic rings. The third-order valence-corrected chi connectivity index (χ3v) is 5.76. The Labute approximate surface area is 179 Å². The molecule has 0 bridgehead atoms. The van der Waals surface area contributed by atoms with Crippen molar-refractivity contribution in [3.63, 3.8) is 0 Å². The lowest BCUT2D eigenvalue weighted by Crippen LogP contribution is -2.40. The second-order valence-corrected chi connectivity index (χ2v) is 8.03. The van der Waals surface area contributed by atoms with Crippen LogP contribution in [0, 0.1) is 5.41 Å². The first-order valence-electron chi connectivity index (χ1n) is 10.2. The highest BCUT2D eigenvalue weighted by Crippen LogP contribution is 2.50. The third kappa shape index (κ3) is 4.88. The number of carbonyl (C=O) groups is 2. The van der Waals surface area contributed by atoms with E-state index in [4.69, 9.17) is 0 Å². The Hall–Kier alpha value is -3.74. The first-order valence-corrected chi connectivity index (χ1v) is 10.2. The number of hydrogen-bond acceptors (Lipinski definition) is 4. The monoisotopic (exact) mass is 417 g/mol. The van der Waals surface area contributed by atoms with Crippen LogP contribution in [0.25, 0.3) is 11.1 Å². The number of rotatable bonds is 8. The molecule has 1 unspecified atom stereocenters. The van der Waals surface area contributed by atoms with Gasteiger partial charge in [0, 0.05) is 18.4 Å². The minimum Gasteiger partial charge on any atom is -0.481 e. The Morgan fingerprint density at radius 2 is 1.74 bits per heavy atom. The minimum absolute atomic E-state index is 0.226. The maximum absolute atomic E-state index is 12.7. The predicted molar refractivity (Wildman–Crippen MR) is 116 cm³/mol. The zero-order chi connectivity index (χ0) is 21.8. The Bertz CT molecular complexity index is 1110. The highest BCUT2D eigenvalue weighted by molar-refractivity contribution is 5.93. The number of amides is 1. The van der Waals surface area contributed by atoms with Crippen molar-refractivity contribution in [1.82, 2.24) is 15.3 Å². The van der Waals surface area contributed by atoms with Crippen LogP contribution in [-0.2, 0) is 11.2 Å². The molecular formula is C24H23N3O4. The van der Waals surface area contributed by atoms with Gasteiger partial charge >= 0.3 is 11.7 Å². The van der Waals surface area contributed by atoms with Crippen molar-refractivity contribution < 1.29 is 14.7 Å². The van der Waals surface area contributed by atoms with E-state index in [1.54, 1.807) is 0 Å². The van der Waals surface area contributed by atoms with E-state index in [1.807, 2.05) is 54.6 Å². The fourth-order valence-corrected chi connectivity index (χ4v) is 3.79. The highest BCUT2D eigenvalue weighted by atomic mass is 16.4. The van der Waals surface area contributed by atoms with Gasteiger partial charge in [-0.05, 0) is 42.4 Å². The second-order valence-electron chi connectivity index (χ2n) is 8.03. The molecule has 0 saturated heterocycles. The van der Waals surface area contributed by atoms with E-state index in [-0.39, 0.29) is 11.6 Å². The normalized spacial score (nSPS) is 15.1. The van der Waals surface area contributed by atoms with Crippen LogP contribution in [0.4, 0.5) is 0 Å². The van der Waals surface area contributed by atoms with Crippen LogP contribution >= 0.6 is 0 Å². The zero-order valence-corrected chi connectivity index (χ0v) is 16.9. The van der Waals surface area contributed by atoms with Crippen LogP contribution in [0.3, 0.4) is 0 Å². The second kappa shape index (κ2) is 8.55. The summed E-state index contributed by atoms with van der Waals surface area (Å²) in [6.45, 7) is 0. The molecule has 1 aliphatic carbocycles.